The topological polar surface area (TPSA) is 78.9 Å². The summed E-state index contributed by atoms with van der Waals surface area (Å²) >= 11 is 0. The Bertz CT molecular complexity index is 306. The van der Waals surface area contributed by atoms with Crippen LogP contribution in [-0.2, 0) is 14.3 Å². The van der Waals surface area contributed by atoms with Crippen molar-refractivity contribution in [1.82, 2.24) is 10.2 Å². The molecule has 2 atom stereocenters. The molecular formula is C11H18N2O4. The number of carboxylic acid groups (broad SMARTS) is 1. The first-order valence-electron chi connectivity index (χ1n) is 5.44. The number of ether oxygens (including phenoxy) is 1. The highest BCUT2D eigenvalue weighted by molar-refractivity contribution is 5.78. The smallest absolute Gasteiger partial charge is 0.310 e. The minimum atomic E-state index is -0.883. The average Bonchev–Trinajstić information content (AvgIpc) is 2.75. The lowest BCUT2D eigenvalue weighted by Gasteiger charge is -2.25. The van der Waals surface area contributed by atoms with Crippen LogP contribution in [0.3, 0.4) is 0 Å². The molecule has 1 fully saturated rings. The Hall–Kier alpha value is -1.40. The lowest BCUT2D eigenvalue weighted by molar-refractivity contribution is -0.143. The normalized spacial score (nSPS) is 23.6. The highest BCUT2D eigenvalue weighted by atomic mass is 16.5. The standard InChI is InChI=1S/C11H18N2O4/c1-3-4-12-10(14)5-13(2)9-7-17-6-8(9)11(15)16/h3,8-9H,1,4-7H2,2H3,(H,12,14)(H,15,16). The average molecular weight is 242 g/mol. The van der Waals surface area contributed by atoms with Gasteiger partial charge in [0, 0.05) is 12.6 Å². The molecule has 1 aliphatic heterocycles. The SMILES string of the molecule is C=CCNC(=O)CN(C)C1COCC1C(=O)O. The molecule has 2 N–H and O–H groups in total. The first kappa shape index (κ1) is 13.7. The van der Waals surface area contributed by atoms with E-state index >= 15 is 0 Å². The third-order valence-corrected chi connectivity index (χ3v) is 2.77. The van der Waals surface area contributed by atoms with Gasteiger partial charge >= 0.3 is 5.97 Å². The lowest BCUT2D eigenvalue weighted by atomic mass is 10.0. The van der Waals surface area contributed by atoms with Crippen molar-refractivity contribution in [3.63, 3.8) is 0 Å². The minimum absolute atomic E-state index is 0.150. The molecule has 0 bridgehead atoms. The zero-order valence-corrected chi connectivity index (χ0v) is 9.89. The van der Waals surface area contributed by atoms with E-state index in [0.717, 1.165) is 0 Å². The molecule has 0 saturated carbocycles. The lowest BCUT2D eigenvalue weighted by Crippen LogP contribution is -2.45. The quantitative estimate of drug-likeness (QED) is 0.603. The molecule has 1 amide bonds. The van der Waals surface area contributed by atoms with E-state index in [0.29, 0.717) is 13.2 Å². The molecule has 1 heterocycles. The van der Waals surface area contributed by atoms with Gasteiger partial charge in [-0.25, -0.2) is 0 Å². The van der Waals surface area contributed by atoms with Crippen molar-refractivity contribution in [2.45, 2.75) is 6.04 Å². The van der Waals surface area contributed by atoms with Crippen LogP contribution in [0, 0.1) is 5.92 Å². The van der Waals surface area contributed by atoms with Crippen molar-refractivity contribution in [3.05, 3.63) is 12.7 Å². The summed E-state index contributed by atoms with van der Waals surface area (Å²) in [6.07, 6.45) is 1.59. The van der Waals surface area contributed by atoms with Crippen LogP contribution in [-0.4, -0.2) is 61.3 Å². The molecule has 0 aromatic heterocycles. The molecule has 17 heavy (non-hydrogen) atoms. The van der Waals surface area contributed by atoms with Crippen molar-refractivity contribution in [3.8, 4) is 0 Å². The van der Waals surface area contributed by atoms with Gasteiger partial charge in [-0.1, -0.05) is 6.08 Å². The number of amides is 1. The second-order valence-electron chi connectivity index (χ2n) is 4.06. The maximum absolute atomic E-state index is 11.5. The van der Waals surface area contributed by atoms with Crippen LogP contribution >= 0.6 is 0 Å². The van der Waals surface area contributed by atoms with Gasteiger partial charge in [0.25, 0.3) is 0 Å². The second-order valence-corrected chi connectivity index (χ2v) is 4.06. The molecular weight excluding hydrogens is 224 g/mol. The molecule has 0 aromatic carbocycles. The number of carboxylic acids is 1. The number of carbonyl (C=O) groups is 2. The summed E-state index contributed by atoms with van der Waals surface area (Å²) in [7, 11) is 1.72. The van der Waals surface area contributed by atoms with Crippen LogP contribution < -0.4 is 5.32 Å². The summed E-state index contributed by atoms with van der Waals surface area (Å²) in [5.74, 6) is -1.60. The third-order valence-electron chi connectivity index (χ3n) is 2.77. The Morgan fingerprint density at radius 3 is 2.88 bits per heavy atom. The fraction of sp³-hybridized carbons (Fsp3) is 0.636. The number of nitrogens with one attached hydrogen (secondary N) is 1. The van der Waals surface area contributed by atoms with Gasteiger partial charge in [0.15, 0.2) is 0 Å². The van der Waals surface area contributed by atoms with E-state index in [-0.39, 0.29) is 25.1 Å². The van der Waals surface area contributed by atoms with Crippen LogP contribution in [0.4, 0.5) is 0 Å². The van der Waals surface area contributed by atoms with Gasteiger partial charge in [0.1, 0.15) is 0 Å². The van der Waals surface area contributed by atoms with E-state index in [4.69, 9.17) is 9.84 Å². The number of rotatable bonds is 6. The molecule has 0 radical (unpaired) electrons. The van der Waals surface area contributed by atoms with Crippen molar-refractivity contribution in [1.29, 1.82) is 0 Å². The number of nitrogens with zero attached hydrogens (tertiary/aromatic N) is 1. The Labute approximate surface area is 100 Å². The van der Waals surface area contributed by atoms with Crippen LogP contribution in [0.5, 0.6) is 0 Å². The molecule has 0 aliphatic carbocycles. The van der Waals surface area contributed by atoms with Gasteiger partial charge in [-0.2, -0.15) is 0 Å². The molecule has 6 heteroatoms. The zero-order valence-electron chi connectivity index (χ0n) is 9.89. The summed E-state index contributed by atoms with van der Waals surface area (Å²) in [5.41, 5.74) is 0. The van der Waals surface area contributed by atoms with E-state index in [2.05, 4.69) is 11.9 Å². The van der Waals surface area contributed by atoms with E-state index in [9.17, 15) is 9.59 Å². The first-order chi connectivity index (χ1) is 8.06. The molecule has 1 rings (SSSR count). The highest BCUT2D eigenvalue weighted by Gasteiger charge is 2.36. The van der Waals surface area contributed by atoms with E-state index in [1.807, 2.05) is 0 Å². The molecule has 6 nitrogen and oxygen atoms in total. The summed E-state index contributed by atoms with van der Waals surface area (Å²) in [6.45, 7) is 4.63. The maximum Gasteiger partial charge on any atom is 0.310 e. The number of carbonyl (C=O) groups excluding carboxylic acids is 1. The second kappa shape index (κ2) is 6.36. The number of aliphatic carboxylic acids is 1. The molecule has 1 saturated heterocycles. The number of likely N-dealkylation sites (N-methyl/N-ethyl adjacent to an activating group) is 1. The van der Waals surface area contributed by atoms with Crippen LogP contribution in [0.1, 0.15) is 0 Å². The van der Waals surface area contributed by atoms with Crippen LogP contribution in [0.2, 0.25) is 0 Å². The summed E-state index contributed by atoms with van der Waals surface area (Å²) in [4.78, 5) is 24.1. The molecule has 0 aromatic rings. The van der Waals surface area contributed by atoms with Crippen molar-refractivity contribution in [2.75, 3.05) is 33.4 Å². The molecule has 96 valence electrons. The Balaban J connectivity index is 2.46. The van der Waals surface area contributed by atoms with Crippen LogP contribution in [0.25, 0.3) is 0 Å². The largest absolute Gasteiger partial charge is 0.481 e. The van der Waals surface area contributed by atoms with E-state index in [1.165, 1.54) is 0 Å². The van der Waals surface area contributed by atoms with E-state index < -0.39 is 11.9 Å². The number of hydrogen-bond donors (Lipinski definition) is 2. The van der Waals surface area contributed by atoms with Gasteiger partial charge in [-0.15, -0.1) is 6.58 Å². The Kier molecular flexibility index (Phi) is 5.11. The fourth-order valence-electron chi connectivity index (χ4n) is 1.80. The Morgan fingerprint density at radius 1 is 1.59 bits per heavy atom. The predicted octanol–water partition coefficient (Wildman–Crippen LogP) is -0.680. The number of hydrogen-bond acceptors (Lipinski definition) is 4. The predicted molar refractivity (Wildman–Crippen MR) is 61.6 cm³/mol. The zero-order chi connectivity index (χ0) is 12.8. The van der Waals surface area contributed by atoms with Crippen molar-refractivity contribution in [2.24, 2.45) is 5.92 Å². The van der Waals surface area contributed by atoms with Gasteiger partial charge in [0.2, 0.25) is 5.91 Å². The maximum atomic E-state index is 11.5. The van der Waals surface area contributed by atoms with Gasteiger partial charge in [0.05, 0.1) is 25.7 Å². The minimum Gasteiger partial charge on any atom is -0.481 e. The van der Waals surface area contributed by atoms with Crippen molar-refractivity contribution < 1.29 is 19.4 Å². The van der Waals surface area contributed by atoms with Crippen molar-refractivity contribution >= 4 is 11.9 Å². The molecule has 0 spiro atoms. The van der Waals surface area contributed by atoms with Crippen LogP contribution in [0.15, 0.2) is 12.7 Å². The highest BCUT2D eigenvalue weighted by Crippen LogP contribution is 2.18. The third kappa shape index (κ3) is 3.83. The summed E-state index contributed by atoms with van der Waals surface area (Å²) in [5, 5.41) is 11.6. The van der Waals surface area contributed by atoms with Gasteiger partial charge < -0.3 is 15.2 Å². The summed E-state index contributed by atoms with van der Waals surface area (Å²) in [6, 6.07) is -0.248. The summed E-state index contributed by atoms with van der Waals surface area (Å²) < 4.78 is 5.14. The Morgan fingerprint density at radius 2 is 2.29 bits per heavy atom. The monoisotopic (exact) mass is 242 g/mol. The van der Waals surface area contributed by atoms with E-state index in [1.54, 1.807) is 18.0 Å². The first-order valence-corrected chi connectivity index (χ1v) is 5.44. The van der Waals surface area contributed by atoms with Gasteiger partial charge in [-0.3, -0.25) is 14.5 Å². The fourth-order valence-corrected chi connectivity index (χ4v) is 1.80. The molecule has 2 unspecified atom stereocenters. The van der Waals surface area contributed by atoms with Gasteiger partial charge in [-0.05, 0) is 7.05 Å². The molecule has 1 aliphatic rings.